The number of amides is 1. The lowest BCUT2D eigenvalue weighted by atomic mass is 10.1. The Balaban J connectivity index is 2.30. The maximum atomic E-state index is 12.3. The Kier molecular flexibility index (Phi) is 5.26. The number of hydrogen-bond acceptors (Lipinski definition) is 6. The van der Waals surface area contributed by atoms with Gasteiger partial charge in [-0.3, -0.25) is 4.68 Å². The first kappa shape index (κ1) is 18.0. The number of rotatable bonds is 4. The first-order valence-corrected chi connectivity index (χ1v) is 7.94. The Labute approximate surface area is 140 Å². The quantitative estimate of drug-likeness (QED) is 0.611. The van der Waals surface area contributed by atoms with Gasteiger partial charge in [-0.25, -0.2) is 9.59 Å². The SMILES string of the molecule is CCOC(=O)c1c2c(nn1CC=O)CCN(C(=O)OC(C)(C)C)C2. The second kappa shape index (κ2) is 7.02. The van der Waals surface area contributed by atoms with Gasteiger partial charge in [0.2, 0.25) is 0 Å². The van der Waals surface area contributed by atoms with E-state index in [0.29, 0.717) is 30.5 Å². The van der Waals surface area contributed by atoms with E-state index in [0.717, 1.165) is 0 Å². The lowest BCUT2D eigenvalue weighted by Crippen LogP contribution is -2.40. The molecule has 0 spiro atoms. The fraction of sp³-hybridized carbons (Fsp3) is 0.625. The van der Waals surface area contributed by atoms with E-state index < -0.39 is 17.7 Å². The van der Waals surface area contributed by atoms with Gasteiger partial charge in [-0.05, 0) is 27.7 Å². The molecule has 8 heteroatoms. The lowest BCUT2D eigenvalue weighted by Gasteiger charge is -2.29. The summed E-state index contributed by atoms with van der Waals surface area (Å²) in [6.07, 6.45) is 0.728. The van der Waals surface area contributed by atoms with Crippen LogP contribution in [-0.2, 0) is 33.8 Å². The van der Waals surface area contributed by atoms with Crippen LogP contribution in [0.15, 0.2) is 0 Å². The third-order valence-electron chi connectivity index (χ3n) is 3.47. The molecule has 132 valence electrons. The van der Waals surface area contributed by atoms with Gasteiger partial charge in [-0.15, -0.1) is 0 Å². The van der Waals surface area contributed by atoms with Crippen molar-refractivity contribution in [3.63, 3.8) is 0 Å². The molecular weight excluding hydrogens is 314 g/mol. The Bertz CT molecular complexity index is 645. The highest BCUT2D eigenvalue weighted by molar-refractivity contribution is 5.90. The van der Waals surface area contributed by atoms with Gasteiger partial charge in [0, 0.05) is 18.5 Å². The van der Waals surface area contributed by atoms with E-state index in [1.165, 1.54) is 9.58 Å². The predicted molar refractivity (Wildman–Crippen MR) is 84.6 cm³/mol. The van der Waals surface area contributed by atoms with Crippen molar-refractivity contribution < 1.29 is 23.9 Å². The molecule has 1 aromatic heterocycles. The number of carbonyl (C=O) groups excluding carboxylic acids is 3. The molecule has 0 bridgehead atoms. The molecule has 0 aliphatic carbocycles. The Hall–Kier alpha value is -2.38. The second-order valence-corrected chi connectivity index (χ2v) is 6.49. The summed E-state index contributed by atoms with van der Waals surface area (Å²) in [7, 11) is 0. The highest BCUT2D eigenvalue weighted by Crippen LogP contribution is 2.24. The highest BCUT2D eigenvalue weighted by Gasteiger charge is 2.32. The van der Waals surface area contributed by atoms with Gasteiger partial charge in [-0.1, -0.05) is 0 Å². The summed E-state index contributed by atoms with van der Waals surface area (Å²) in [5, 5.41) is 4.32. The highest BCUT2D eigenvalue weighted by atomic mass is 16.6. The molecule has 0 fully saturated rings. The van der Waals surface area contributed by atoms with Crippen molar-refractivity contribution in [1.82, 2.24) is 14.7 Å². The summed E-state index contributed by atoms with van der Waals surface area (Å²) in [5.41, 5.74) is 0.961. The van der Waals surface area contributed by atoms with Gasteiger partial charge in [-0.2, -0.15) is 5.10 Å². The number of carbonyl (C=O) groups is 3. The van der Waals surface area contributed by atoms with E-state index in [1.807, 2.05) is 0 Å². The van der Waals surface area contributed by atoms with E-state index in [2.05, 4.69) is 5.10 Å². The molecule has 0 radical (unpaired) electrons. The first-order valence-electron chi connectivity index (χ1n) is 7.94. The van der Waals surface area contributed by atoms with Crippen molar-refractivity contribution in [3.8, 4) is 0 Å². The fourth-order valence-electron chi connectivity index (χ4n) is 2.54. The number of esters is 1. The molecule has 0 N–H and O–H groups in total. The van der Waals surface area contributed by atoms with Crippen molar-refractivity contribution in [2.75, 3.05) is 13.2 Å². The van der Waals surface area contributed by atoms with Crippen LogP contribution >= 0.6 is 0 Å². The summed E-state index contributed by atoms with van der Waals surface area (Å²) in [6, 6.07) is 0. The number of aromatic nitrogens is 2. The minimum Gasteiger partial charge on any atom is -0.461 e. The summed E-state index contributed by atoms with van der Waals surface area (Å²) in [5.74, 6) is -0.542. The number of fused-ring (bicyclic) bond motifs is 1. The third kappa shape index (κ3) is 3.93. The fourth-order valence-corrected chi connectivity index (χ4v) is 2.54. The van der Waals surface area contributed by atoms with Crippen molar-refractivity contribution in [1.29, 1.82) is 0 Å². The van der Waals surface area contributed by atoms with Crippen LogP contribution in [0.4, 0.5) is 4.79 Å². The summed E-state index contributed by atoms with van der Waals surface area (Å²) in [6.45, 7) is 7.94. The van der Waals surface area contributed by atoms with E-state index in [9.17, 15) is 14.4 Å². The number of ether oxygens (including phenoxy) is 2. The monoisotopic (exact) mass is 337 g/mol. The normalized spacial score (nSPS) is 14.1. The van der Waals surface area contributed by atoms with Crippen molar-refractivity contribution in [2.24, 2.45) is 0 Å². The first-order chi connectivity index (χ1) is 11.3. The topological polar surface area (TPSA) is 90.7 Å². The summed E-state index contributed by atoms with van der Waals surface area (Å²) in [4.78, 5) is 36.9. The number of aldehydes is 1. The third-order valence-corrected chi connectivity index (χ3v) is 3.47. The molecule has 2 heterocycles. The van der Waals surface area contributed by atoms with Gasteiger partial charge >= 0.3 is 12.1 Å². The number of nitrogens with zero attached hydrogens (tertiary/aromatic N) is 3. The van der Waals surface area contributed by atoms with E-state index in [-0.39, 0.29) is 25.4 Å². The molecule has 2 rings (SSSR count). The molecule has 0 atom stereocenters. The van der Waals surface area contributed by atoms with E-state index in [4.69, 9.17) is 9.47 Å². The Morgan fingerprint density at radius 2 is 2.04 bits per heavy atom. The molecular formula is C16H23N3O5. The van der Waals surface area contributed by atoms with Crippen molar-refractivity contribution in [3.05, 3.63) is 17.0 Å². The Morgan fingerprint density at radius 1 is 1.33 bits per heavy atom. The van der Waals surface area contributed by atoms with Crippen LogP contribution in [0.5, 0.6) is 0 Å². The van der Waals surface area contributed by atoms with Crippen LogP contribution in [0, 0.1) is 0 Å². The van der Waals surface area contributed by atoms with Gasteiger partial charge in [0.05, 0.1) is 25.4 Å². The molecule has 0 saturated heterocycles. The molecule has 24 heavy (non-hydrogen) atoms. The lowest BCUT2D eigenvalue weighted by molar-refractivity contribution is -0.108. The second-order valence-electron chi connectivity index (χ2n) is 6.49. The average Bonchev–Trinajstić information content (AvgIpc) is 2.83. The van der Waals surface area contributed by atoms with Gasteiger partial charge < -0.3 is 19.2 Å². The largest absolute Gasteiger partial charge is 0.461 e. The van der Waals surface area contributed by atoms with Crippen molar-refractivity contribution in [2.45, 2.75) is 52.8 Å². The smallest absolute Gasteiger partial charge is 0.410 e. The molecule has 1 amide bonds. The zero-order valence-corrected chi connectivity index (χ0v) is 14.5. The molecule has 1 aliphatic rings. The van der Waals surface area contributed by atoms with Crippen LogP contribution in [0.2, 0.25) is 0 Å². The molecule has 1 aromatic rings. The average molecular weight is 337 g/mol. The van der Waals surface area contributed by atoms with Gasteiger partial charge in [0.1, 0.15) is 11.9 Å². The maximum absolute atomic E-state index is 12.3. The van der Waals surface area contributed by atoms with Gasteiger partial charge in [0.15, 0.2) is 5.69 Å². The van der Waals surface area contributed by atoms with Crippen molar-refractivity contribution >= 4 is 18.3 Å². The maximum Gasteiger partial charge on any atom is 0.410 e. The minimum atomic E-state index is -0.594. The van der Waals surface area contributed by atoms with Crippen LogP contribution in [0.3, 0.4) is 0 Å². The predicted octanol–water partition coefficient (Wildman–Crippen LogP) is 1.55. The number of hydrogen-bond donors (Lipinski definition) is 0. The van der Waals surface area contributed by atoms with E-state index >= 15 is 0 Å². The van der Waals surface area contributed by atoms with Crippen LogP contribution in [0.1, 0.15) is 49.4 Å². The summed E-state index contributed by atoms with van der Waals surface area (Å²) < 4.78 is 11.8. The standard InChI is InChI=1S/C16H23N3O5/c1-5-23-14(21)13-11-10-18(15(22)24-16(2,3)4)7-6-12(11)17-19(13)8-9-20/h9H,5-8,10H2,1-4H3. The molecule has 0 unspecified atom stereocenters. The zero-order valence-electron chi connectivity index (χ0n) is 14.5. The molecule has 1 aliphatic heterocycles. The summed E-state index contributed by atoms with van der Waals surface area (Å²) >= 11 is 0. The minimum absolute atomic E-state index is 0.0341. The molecule has 0 saturated carbocycles. The van der Waals surface area contributed by atoms with Crippen LogP contribution in [-0.4, -0.2) is 51.8 Å². The molecule has 0 aromatic carbocycles. The van der Waals surface area contributed by atoms with E-state index in [1.54, 1.807) is 27.7 Å². The zero-order chi connectivity index (χ0) is 17.9. The van der Waals surface area contributed by atoms with Gasteiger partial charge in [0.25, 0.3) is 0 Å². The molecule has 8 nitrogen and oxygen atoms in total. The van der Waals surface area contributed by atoms with Crippen LogP contribution in [0.25, 0.3) is 0 Å². The Morgan fingerprint density at radius 3 is 2.62 bits per heavy atom. The van der Waals surface area contributed by atoms with Crippen LogP contribution < -0.4 is 0 Å².